The summed E-state index contributed by atoms with van der Waals surface area (Å²) in [6, 6.07) is 8.51. The highest BCUT2D eigenvalue weighted by molar-refractivity contribution is 5.97. The summed E-state index contributed by atoms with van der Waals surface area (Å²) in [6.07, 6.45) is -1.22. The maximum atomic E-state index is 13.6. The third kappa shape index (κ3) is 4.74. The van der Waals surface area contributed by atoms with Crippen molar-refractivity contribution in [3.63, 3.8) is 0 Å². The van der Waals surface area contributed by atoms with Crippen molar-refractivity contribution in [2.24, 2.45) is 0 Å². The lowest BCUT2D eigenvalue weighted by atomic mass is 10.1. The predicted molar refractivity (Wildman–Crippen MR) is 88.2 cm³/mol. The molecule has 0 aliphatic rings. The number of rotatable bonds is 5. The third-order valence-corrected chi connectivity index (χ3v) is 3.42. The van der Waals surface area contributed by atoms with Gasteiger partial charge in [-0.2, -0.15) is 0 Å². The molecule has 2 aromatic carbocycles. The van der Waals surface area contributed by atoms with Gasteiger partial charge in [-0.15, -0.1) is 0 Å². The Kier molecular flexibility index (Phi) is 6.02. The van der Waals surface area contributed by atoms with Crippen molar-refractivity contribution >= 4 is 17.6 Å². The zero-order chi connectivity index (χ0) is 18.4. The van der Waals surface area contributed by atoms with Crippen LogP contribution in [-0.4, -0.2) is 30.6 Å². The van der Waals surface area contributed by atoms with E-state index in [-0.39, 0.29) is 23.4 Å². The number of halogens is 2. The van der Waals surface area contributed by atoms with Crippen LogP contribution in [0.2, 0.25) is 0 Å². The lowest BCUT2D eigenvalue weighted by Crippen LogP contribution is -2.32. The first-order valence-electron chi connectivity index (χ1n) is 7.41. The summed E-state index contributed by atoms with van der Waals surface area (Å²) in [4.78, 5) is 23.4. The van der Waals surface area contributed by atoms with Gasteiger partial charge in [0.15, 0.2) is 0 Å². The number of nitrogens with one attached hydrogen (secondary N) is 3. The Morgan fingerprint density at radius 2 is 1.84 bits per heavy atom. The van der Waals surface area contributed by atoms with Crippen LogP contribution in [-0.2, 0) is 0 Å². The van der Waals surface area contributed by atoms with Gasteiger partial charge in [-0.1, -0.05) is 18.2 Å². The number of carbonyl (C=O) groups is 2. The quantitative estimate of drug-likeness (QED) is 0.667. The minimum absolute atomic E-state index is 0.0616. The van der Waals surface area contributed by atoms with E-state index in [2.05, 4.69) is 16.0 Å². The van der Waals surface area contributed by atoms with Crippen molar-refractivity contribution in [3.05, 3.63) is 65.2 Å². The molecule has 0 heterocycles. The average molecular weight is 349 g/mol. The Balaban J connectivity index is 1.97. The largest absolute Gasteiger partial charge is 0.386 e. The molecule has 2 aromatic rings. The van der Waals surface area contributed by atoms with Crippen LogP contribution in [0, 0.1) is 11.6 Å². The summed E-state index contributed by atoms with van der Waals surface area (Å²) in [5.41, 5.74) is 0.0380. The zero-order valence-corrected chi connectivity index (χ0v) is 13.3. The number of amides is 3. The SMILES string of the molecule is CNC(=O)c1cc(NC(=O)NC[C@H](O)c2ccccc2F)ccc1F. The van der Waals surface area contributed by atoms with Crippen molar-refractivity contribution in [1.82, 2.24) is 10.6 Å². The predicted octanol–water partition coefficient (Wildman–Crippen LogP) is 2.18. The van der Waals surface area contributed by atoms with E-state index in [1.54, 1.807) is 6.07 Å². The number of anilines is 1. The van der Waals surface area contributed by atoms with E-state index in [0.717, 1.165) is 6.07 Å². The fraction of sp³-hybridized carbons (Fsp3) is 0.176. The van der Waals surface area contributed by atoms with Crippen molar-refractivity contribution in [1.29, 1.82) is 0 Å². The highest BCUT2D eigenvalue weighted by Gasteiger charge is 2.15. The van der Waals surface area contributed by atoms with Crippen molar-refractivity contribution < 1.29 is 23.5 Å². The van der Waals surface area contributed by atoms with E-state index in [1.165, 1.54) is 37.4 Å². The van der Waals surface area contributed by atoms with E-state index >= 15 is 0 Å². The Labute approximate surface area is 142 Å². The lowest BCUT2D eigenvalue weighted by Gasteiger charge is -2.14. The molecule has 0 radical (unpaired) electrons. The molecule has 0 saturated carbocycles. The van der Waals surface area contributed by atoms with Gasteiger partial charge in [-0.25, -0.2) is 13.6 Å². The minimum Gasteiger partial charge on any atom is -0.386 e. The summed E-state index contributed by atoms with van der Waals surface area (Å²) in [6.45, 7) is -0.226. The van der Waals surface area contributed by atoms with Crippen molar-refractivity contribution in [3.8, 4) is 0 Å². The number of benzene rings is 2. The Morgan fingerprint density at radius 1 is 1.12 bits per heavy atom. The molecular weight excluding hydrogens is 332 g/mol. The fourth-order valence-electron chi connectivity index (χ4n) is 2.13. The molecule has 0 bridgehead atoms. The molecule has 0 aliphatic carbocycles. The van der Waals surface area contributed by atoms with Gasteiger partial charge in [0.25, 0.3) is 5.91 Å². The molecule has 0 aromatic heterocycles. The molecule has 8 heteroatoms. The van der Waals surface area contributed by atoms with Gasteiger partial charge in [0.2, 0.25) is 0 Å². The smallest absolute Gasteiger partial charge is 0.319 e. The van der Waals surface area contributed by atoms with E-state index < -0.39 is 29.7 Å². The molecule has 6 nitrogen and oxygen atoms in total. The van der Waals surface area contributed by atoms with Crippen LogP contribution in [0.4, 0.5) is 19.3 Å². The Bertz CT molecular complexity index is 783. The van der Waals surface area contributed by atoms with Crippen LogP contribution >= 0.6 is 0 Å². The van der Waals surface area contributed by atoms with Gasteiger partial charge in [0, 0.05) is 24.8 Å². The second-order valence-electron chi connectivity index (χ2n) is 5.15. The van der Waals surface area contributed by atoms with E-state index in [4.69, 9.17) is 0 Å². The summed E-state index contributed by atoms with van der Waals surface area (Å²) < 4.78 is 27.1. The number of aliphatic hydroxyl groups is 1. The van der Waals surface area contributed by atoms with Crippen molar-refractivity contribution in [2.45, 2.75) is 6.10 Å². The van der Waals surface area contributed by atoms with E-state index in [0.29, 0.717) is 0 Å². The van der Waals surface area contributed by atoms with Gasteiger partial charge in [0.05, 0.1) is 11.7 Å². The summed E-state index contributed by atoms with van der Waals surface area (Å²) in [7, 11) is 1.36. The Hall–Kier alpha value is -3.00. The van der Waals surface area contributed by atoms with Gasteiger partial charge in [-0.05, 0) is 24.3 Å². The topological polar surface area (TPSA) is 90.5 Å². The van der Waals surface area contributed by atoms with Crippen LogP contribution in [0.25, 0.3) is 0 Å². The molecule has 132 valence electrons. The van der Waals surface area contributed by atoms with Crippen LogP contribution < -0.4 is 16.0 Å². The molecule has 1 atom stereocenters. The summed E-state index contributed by atoms with van der Waals surface area (Å²) >= 11 is 0. The maximum Gasteiger partial charge on any atom is 0.319 e. The zero-order valence-electron chi connectivity index (χ0n) is 13.3. The Morgan fingerprint density at radius 3 is 2.52 bits per heavy atom. The molecule has 0 saturated heterocycles. The van der Waals surface area contributed by atoms with Crippen molar-refractivity contribution in [2.75, 3.05) is 18.9 Å². The normalized spacial score (nSPS) is 11.5. The molecule has 2 rings (SSSR count). The van der Waals surface area contributed by atoms with Gasteiger partial charge < -0.3 is 21.1 Å². The summed E-state index contributed by atoms with van der Waals surface area (Å²) in [5.74, 6) is -1.93. The highest BCUT2D eigenvalue weighted by atomic mass is 19.1. The number of hydrogen-bond donors (Lipinski definition) is 4. The van der Waals surface area contributed by atoms with E-state index in [9.17, 15) is 23.5 Å². The van der Waals surface area contributed by atoms with Gasteiger partial charge in [-0.3, -0.25) is 4.79 Å². The first-order chi connectivity index (χ1) is 11.9. The van der Waals surface area contributed by atoms with Crippen LogP contribution in [0.1, 0.15) is 22.0 Å². The van der Waals surface area contributed by atoms with Gasteiger partial charge in [0.1, 0.15) is 11.6 Å². The van der Waals surface area contributed by atoms with Gasteiger partial charge >= 0.3 is 6.03 Å². The molecule has 4 N–H and O–H groups in total. The first-order valence-corrected chi connectivity index (χ1v) is 7.41. The number of hydrogen-bond acceptors (Lipinski definition) is 3. The molecular formula is C17H17F2N3O3. The van der Waals surface area contributed by atoms with E-state index in [1.807, 2.05) is 0 Å². The number of aliphatic hydroxyl groups excluding tert-OH is 1. The second-order valence-corrected chi connectivity index (χ2v) is 5.15. The molecule has 0 unspecified atom stereocenters. The minimum atomic E-state index is -1.22. The van der Waals surface area contributed by atoms with Crippen LogP contribution in [0.15, 0.2) is 42.5 Å². The molecule has 0 spiro atoms. The number of urea groups is 1. The first kappa shape index (κ1) is 18.3. The van der Waals surface area contributed by atoms with Crippen LogP contribution in [0.3, 0.4) is 0 Å². The molecule has 0 fully saturated rings. The molecule has 3 amide bonds. The number of carbonyl (C=O) groups excluding carboxylic acids is 2. The highest BCUT2D eigenvalue weighted by Crippen LogP contribution is 2.16. The third-order valence-electron chi connectivity index (χ3n) is 3.42. The second kappa shape index (κ2) is 8.20. The monoisotopic (exact) mass is 349 g/mol. The standard InChI is InChI=1S/C17H17F2N3O3/c1-20-16(24)12-8-10(6-7-14(12)19)22-17(25)21-9-15(23)11-4-2-3-5-13(11)18/h2-8,15,23H,9H2,1H3,(H,20,24)(H2,21,22,25)/t15-/m0/s1. The maximum absolute atomic E-state index is 13.6. The average Bonchev–Trinajstić information content (AvgIpc) is 2.61. The van der Waals surface area contributed by atoms with Crippen LogP contribution in [0.5, 0.6) is 0 Å². The summed E-state index contributed by atoms with van der Waals surface area (Å²) in [5, 5.41) is 17.0. The molecule has 25 heavy (non-hydrogen) atoms. The lowest BCUT2D eigenvalue weighted by molar-refractivity contribution is 0.0959. The molecule has 0 aliphatic heterocycles. The fourth-order valence-corrected chi connectivity index (χ4v) is 2.13.